The molecule has 0 saturated carbocycles. The predicted octanol–water partition coefficient (Wildman–Crippen LogP) is 2.09. The molecule has 5 nitrogen and oxygen atoms in total. The lowest BCUT2D eigenvalue weighted by atomic mass is 10.2. The van der Waals surface area contributed by atoms with E-state index >= 15 is 0 Å². The number of nitrogens with two attached hydrogens (primary N) is 1. The second-order valence-corrected chi connectivity index (χ2v) is 5.34. The lowest BCUT2D eigenvalue weighted by molar-refractivity contribution is 0.103. The molecule has 2 aromatic rings. The monoisotopic (exact) mass is 288 g/mol. The predicted molar refractivity (Wildman–Crippen MR) is 80.8 cm³/mol. The first-order chi connectivity index (χ1) is 9.61. The number of nitrogens with zero attached hydrogens (tertiary/aromatic N) is 2. The molecule has 2 aromatic heterocycles. The van der Waals surface area contributed by atoms with Crippen LogP contribution in [0.5, 0.6) is 0 Å². The molecule has 0 fully saturated rings. The molecule has 0 aliphatic heterocycles. The van der Waals surface area contributed by atoms with Crippen LogP contribution in [0, 0.1) is 11.8 Å². The summed E-state index contributed by atoms with van der Waals surface area (Å²) in [5.74, 6) is 5.48. The highest BCUT2D eigenvalue weighted by atomic mass is 32.1. The van der Waals surface area contributed by atoms with Crippen molar-refractivity contribution in [3.05, 3.63) is 34.3 Å². The molecular weight excluding hydrogens is 272 g/mol. The van der Waals surface area contributed by atoms with Crippen LogP contribution in [0.1, 0.15) is 35.1 Å². The lowest BCUT2D eigenvalue weighted by Crippen LogP contribution is -2.11. The van der Waals surface area contributed by atoms with Gasteiger partial charge in [-0.05, 0) is 25.3 Å². The van der Waals surface area contributed by atoms with Gasteiger partial charge in [-0.2, -0.15) is 5.10 Å². The minimum atomic E-state index is -0.176. The van der Waals surface area contributed by atoms with Gasteiger partial charge in [0.15, 0.2) is 0 Å². The molecule has 6 heteroatoms. The van der Waals surface area contributed by atoms with Gasteiger partial charge in [-0.25, -0.2) is 0 Å². The number of rotatable bonds is 3. The fourth-order valence-corrected chi connectivity index (χ4v) is 2.35. The maximum atomic E-state index is 12.2. The third kappa shape index (κ3) is 3.26. The van der Waals surface area contributed by atoms with E-state index in [4.69, 9.17) is 5.73 Å². The summed E-state index contributed by atoms with van der Waals surface area (Å²) in [4.78, 5) is 12.8. The number of carbonyl (C=O) groups excluding carboxylic acids is 1. The standard InChI is InChI=1S/C14H16N4OS/c1-10(2)18-9-12(8-16-18)17-14(19)13-11(4-3-6-15)5-7-20-13/h5,7-10H,6,15H2,1-2H3,(H,17,19). The Morgan fingerprint density at radius 2 is 2.40 bits per heavy atom. The number of thiophene rings is 1. The quantitative estimate of drug-likeness (QED) is 0.849. The molecule has 0 spiro atoms. The average Bonchev–Trinajstić information content (AvgIpc) is 3.04. The Morgan fingerprint density at radius 1 is 1.60 bits per heavy atom. The van der Waals surface area contributed by atoms with E-state index in [1.165, 1.54) is 11.3 Å². The zero-order valence-electron chi connectivity index (χ0n) is 11.4. The molecule has 0 aliphatic rings. The van der Waals surface area contributed by atoms with Crippen LogP contribution in [0.2, 0.25) is 0 Å². The van der Waals surface area contributed by atoms with Crippen molar-refractivity contribution < 1.29 is 4.79 Å². The van der Waals surface area contributed by atoms with E-state index < -0.39 is 0 Å². The molecule has 0 atom stereocenters. The molecule has 0 saturated heterocycles. The summed E-state index contributed by atoms with van der Waals surface area (Å²) >= 11 is 1.36. The first-order valence-electron chi connectivity index (χ1n) is 6.23. The average molecular weight is 288 g/mol. The largest absolute Gasteiger partial charge is 0.320 e. The van der Waals surface area contributed by atoms with Gasteiger partial charge in [-0.3, -0.25) is 9.48 Å². The third-order valence-electron chi connectivity index (χ3n) is 2.59. The molecule has 3 N–H and O–H groups in total. The number of aromatic nitrogens is 2. The molecule has 2 rings (SSSR count). The first kappa shape index (κ1) is 14.3. The van der Waals surface area contributed by atoms with Gasteiger partial charge in [0, 0.05) is 17.8 Å². The van der Waals surface area contributed by atoms with E-state index in [1.54, 1.807) is 17.1 Å². The Morgan fingerprint density at radius 3 is 3.05 bits per heavy atom. The van der Waals surface area contributed by atoms with Crippen molar-refractivity contribution in [2.24, 2.45) is 5.73 Å². The molecule has 0 unspecified atom stereocenters. The van der Waals surface area contributed by atoms with E-state index in [-0.39, 0.29) is 18.5 Å². The smallest absolute Gasteiger partial charge is 0.267 e. The molecule has 2 heterocycles. The van der Waals surface area contributed by atoms with E-state index in [1.807, 2.05) is 25.3 Å². The summed E-state index contributed by atoms with van der Waals surface area (Å²) in [5.41, 5.74) is 6.72. The molecular formula is C14H16N4OS. The maximum Gasteiger partial charge on any atom is 0.267 e. The van der Waals surface area contributed by atoms with E-state index in [2.05, 4.69) is 22.3 Å². The summed E-state index contributed by atoms with van der Waals surface area (Å²) in [6.45, 7) is 4.33. The van der Waals surface area contributed by atoms with Crippen molar-refractivity contribution in [2.45, 2.75) is 19.9 Å². The number of hydrogen-bond donors (Lipinski definition) is 2. The zero-order chi connectivity index (χ0) is 14.5. The van der Waals surface area contributed by atoms with Gasteiger partial charge in [0.1, 0.15) is 4.88 Å². The summed E-state index contributed by atoms with van der Waals surface area (Å²) in [6.07, 6.45) is 3.44. The van der Waals surface area contributed by atoms with Crippen molar-refractivity contribution in [1.82, 2.24) is 9.78 Å². The Balaban J connectivity index is 2.13. The molecule has 1 amide bonds. The zero-order valence-corrected chi connectivity index (χ0v) is 12.2. The molecule has 0 aliphatic carbocycles. The second-order valence-electron chi connectivity index (χ2n) is 4.43. The second kappa shape index (κ2) is 6.37. The Hall–Kier alpha value is -2.10. The van der Waals surface area contributed by atoms with Crippen LogP contribution in [-0.2, 0) is 0 Å². The van der Waals surface area contributed by atoms with Gasteiger partial charge in [0.05, 0.1) is 18.4 Å². The fraction of sp³-hybridized carbons (Fsp3) is 0.286. The molecule has 0 bridgehead atoms. The van der Waals surface area contributed by atoms with Crippen LogP contribution < -0.4 is 11.1 Å². The molecule has 104 valence electrons. The van der Waals surface area contributed by atoms with Crippen molar-refractivity contribution >= 4 is 22.9 Å². The number of hydrogen-bond acceptors (Lipinski definition) is 4. The van der Waals surface area contributed by atoms with Crippen LogP contribution in [0.3, 0.4) is 0 Å². The van der Waals surface area contributed by atoms with Gasteiger partial charge < -0.3 is 11.1 Å². The summed E-state index contributed by atoms with van der Waals surface area (Å²) in [7, 11) is 0. The number of amides is 1. The van der Waals surface area contributed by atoms with E-state index in [9.17, 15) is 4.79 Å². The molecule has 0 radical (unpaired) electrons. The van der Waals surface area contributed by atoms with Gasteiger partial charge >= 0.3 is 0 Å². The van der Waals surface area contributed by atoms with Crippen molar-refractivity contribution in [3.8, 4) is 11.8 Å². The minimum Gasteiger partial charge on any atom is -0.320 e. The Bertz CT molecular complexity index is 660. The van der Waals surface area contributed by atoms with E-state index in [0.717, 1.165) is 0 Å². The normalized spacial score (nSPS) is 10.2. The molecule has 20 heavy (non-hydrogen) atoms. The summed E-state index contributed by atoms with van der Waals surface area (Å²) in [5, 5.41) is 8.85. The lowest BCUT2D eigenvalue weighted by Gasteiger charge is -2.03. The number of anilines is 1. The highest BCUT2D eigenvalue weighted by Gasteiger charge is 2.13. The molecule has 0 aromatic carbocycles. The Labute approximate surface area is 121 Å². The van der Waals surface area contributed by atoms with Crippen LogP contribution in [-0.4, -0.2) is 22.2 Å². The van der Waals surface area contributed by atoms with Crippen molar-refractivity contribution in [3.63, 3.8) is 0 Å². The SMILES string of the molecule is CC(C)n1cc(NC(=O)c2sccc2C#CCN)cn1. The number of nitrogens with one attached hydrogen (secondary N) is 1. The maximum absolute atomic E-state index is 12.2. The third-order valence-corrected chi connectivity index (χ3v) is 3.50. The van der Waals surface area contributed by atoms with Gasteiger partial charge in [-0.15, -0.1) is 11.3 Å². The van der Waals surface area contributed by atoms with Crippen LogP contribution >= 0.6 is 11.3 Å². The summed E-state index contributed by atoms with van der Waals surface area (Å²) in [6, 6.07) is 2.08. The van der Waals surface area contributed by atoms with Crippen molar-refractivity contribution in [1.29, 1.82) is 0 Å². The van der Waals surface area contributed by atoms with E-state index in [0.29, 0.717) is 16.1 Å². The van der Waals surface area contributed by atoms with Crippen molar-refractivity contribution in [2.75, 3.05) is 11.9 Å². The summed E-state index contributed by atoms with van der Waals surface area (Å²) < 4.78 is 1.79. The first-order valence-corrected chi connectivity index (χ1v) is 7.11. The van der Waals surface area contributed by atoms with Crippen LogP contribution in [0.4, 0.5) is 5.69 Å². The fourth-order valence-electron chi connectivity index (χ4n) is 1.60. The highest BCUT2D eigenvalue weighted by molar-refractivity contribution is 7.12. The van der Waals surface area contributed by atoms with Crippen LogP contribution in [0.25, 0.3) is 0 Å². The van der Waals surface area contributed by atoms with Gasteiger partial charge in [-0.1, -0.05) is 11.8 Å². The van der Waals surface area contributed by atoms with Gasteiger partial charge in [0.2, 0.25) is 0 Å². The minimum absolute atomic E-state index is 0.176. The Kier molecular flexibility index (Phi) is 4.56. The highest BCUT2D eigenvalue weighted by Crippen LogP contribution is 2.18. The van der Waals surface area contributed by atoms with Crippen LogP contribution in [0.15, 0.2) is 23.8 Å². The van der Waals surface area contributed by atoms with Gasteiger partial charge in [0.25, 0.3) is 5.91 Å². The topological polar surface area (TPSA) is 72.9 Å². The number of carbonyl (C=O) groups is 1.